The van der Waals surface area contributed by atoms with Gasteiger partial charge in [-0.15, -0.1) is 0 Å². The van der Waals surface area contributed by atoms with E-state index in [9.17, 15) is 0 Å². The van der Waals surface area contributed by atoms with Crippen LogP contribution in [0.2, 0.25) is 0 Å². The molecule has 6 saturated heterocycles. The number of quaternary nitrogens is 4. The van der Waals surface area contributed by atoms with Gasteiger partial charge in [0, 0.05) is 0 Å². The molecule has 168 valence electrons. The molecule has 4 heteroatoms. The lowest BCUT2D eigenvalue weighted by atomic mass is 10.0. The van der Waals surface area contributed by atoms with Gasteiger partial charge in [-0.3, -0.25) is 8.97 Å². The van der Waals surface area contributed by atoms with Gasteiger partial charge in [-0.1, -0.05) is 25.7 Å². The van der Waals surface area contributed by atoms with Crippen LogP contribution in [0.25, 0.3) is 0 Å². The molecule has 0 spiro atoms. The Morgan fingerprint density at radius 2 is 0.533 bits per heavy atom. The monoisotopic (exact) mass is 416 g/mol. The summed E-state index contributed by atoms with van der Waals surface area (Å²) < 4.78 is 5.56. The van der Waals surface area contributed by atoms with Crippen molar-refractivity contribution in [2.24, 2.45) is 0 Å². The minimum Gasteiger partial charge on any atom is -0.310 e. The summed E-state index contributed by atoms with van der Waals surface area (Å²) in [5.41, 5.74) is 0. The molecule has 0 aromatic carbocycles. The van der Waals surface area contributed by atoms with E-state index < -0.39 is 0 Å². The fraction of sp³-hybridized carbons (Fsp3) is 0.923. The number of hydrogen-bond donors (Lipinski definition) is 0. The van der Waals surface area contributed by atoms with Crippen LogP contribution in [-0.4, -0.2) is 123 Å². The fourth-order valence-electron chi connectivity index (χ4n) is 7.43. The van der Waals surface area contributed by atoms with Crippen molar-refractivity contribution in [2.75, 3.05) is 105 Å². The summed E-state index contributed by atoms with van der Waals surface area (Å²) in [4.78, 5) is 0. The maximum Gasteiger partial charge on any atom is 0.141 e. The maximum atomic E-state index is 3.71. The van der Waals surface area contributed by atoms with Crippen LogP contribution < -0.4 is 0 Å². The average Bonchev–Trinajstić information content (AvgIpc) is 2.80. The van der Waals surface area contributed by atoms with Crippen molar-refractivity contribution in [1.82, 2.24) is 0 Å². The molecular formula is C26H48N4+4. The Kier molecular flexibility index (Phi) is 6.19. The smallest absolute Gasteiger partial charge is 0.141 e. The van der Waals surface area contributed by atoms with Crippen LogP contribution >= 0.6 is 0 Å². The molecule has 11 heterocycles. The van der Waals surface area contributed by atoms with Crippen molar-refractivity contribution < 1.29 is 17.9 Å². The van der Waals surface area contributed by atoms with Crippen LogP contribution in [0.15, 0.2) is 0 Å². The second kappa shape index (κ2) is 8.74. The van der Waals surface area contributed by atoms with E-state index in [4.69, 9.17) is 0 Å². The third-order valence-electron chi connectivity index (χ3n) is 10.3. The SMILES string of the molecule is C1#CC[N+]23CC[N+](CCCCCCCCCC[N+]45CC[N+](C1)(CC4)CC5)(CC2)CC3. The molecule has 0 saturated carbocycles. The molecule has 0 aromatic heterocycles. The summed E-state index contributed by atoms with van der Waals surface area (Å²) in [6.07, 6.45) is 11.8. The molecule has 11 aliphatic heterocycles. The van der Waals surface area contributed by atoms with Crippen molar-refractivity contribution in [3.05, 3.63) is 0 Å². The van der Waals surface area contributed by atoms with E-state index in [1.54, 1.807) is 0 Å². The molecule has 4 nitrogen and oxygen atoms in total. The van der Waals surface area contributed by atoms with Gasteiger partial charge in [0.15, 0.2) is 0 Å². The Bertz CT molecular complexity index is 557. The molecule has 0 N–H and O–H groups in total. The Labute approximate surface area is 186 Å². The normalized spacial score (nSPS) is 45.3. The zero-order chi connectivity index (χ0) is 20.4. The van der Waals surface area contributed by atoms with E-state index in [1.165, 1.54) is 161 Å². The van der Waals surface area contributed by atoms with Crippen LogP contribution in [-0.2, 0) is 0 Å². The lowest BCUT2D eigenvalue weighted by Crippen LogP contribution is -2.75. The van der Waals surface area contributed by atoms with Gasteiger partial charge >= 0.3 is 0 Å². The van der Waals surface area contributed by atoms with Crippen LogP contribution in [0.5, 0.6) is 0 Å². The van der Waals surface area contributed by atoms with Crippen molar-refractivity contribution in [1.29, 1.82) is 0 Å². The minimum atomic E-state index is 1.14. The van der Waals surface area contributed by atoms with Gasteiger partial charge in [0.25, 0.3) is 0 Å². The van der Waals surface area contributed by atoms with Gasteiger partial charge < -0.3 is 8.97 Å². The lowest BCUT2D eigenvalue weighted by molar-refractivity contribution is -1.08. The predicted molar refractivity (Wildman–Crippen MR) is 124 cm³/mol. The standard InChI is InChI=1S/C26H48N4/c1-2-4-6-8-12-28-18-24-30(25-19-28,26-20-28)14-10-9-13-29-21-15-27(16-22-29,17-23-29)11-7-5-3-1/h1-8,11-26H2/q+4. The zero-order valence-electron chi connectivity index (χ0n) is 19.8. The number of hydrogen-bond acceptors (Lipinski definition) is 0. The zero-order valence-corrected chi connectivity index (χ0v) is 19.8. The van der Waals surface area contributed by atoms with Gasteiger partial charge in [0.05, 0.1) is 13.1 Å². The number of nitrogens with zero attached hydrogens (tertiary/aromatic N) is 4. The first-order valence-corrected chi connectivity index (χ1v) is 13.5. The summed E-state index contributed by atoms with van der Waals surface area (Å²) in [6, 6.07) is 0. The molecule has 11 aliphatic rings. The molecule has 30 heavy (non-hydrogen) atoms. The summed E-state index contributed by atoms with van der Waals surface area (Å²) in [5, 5.41) is 0. The van der Waals surface area contributed by atoms with Crippen molar-refractivity contribution in [3.63, 3.8) is 0 Å². The molecule has 0 aliphatic carbocycles. The Hall–Kier alpha value is -0.600. The van der Waals surface area contributed by atoms with Crippen molar-refractivity contribution in [3.8, 4) is 11.8 Å². The Morgan fingerprint density at radius 1 is 0.267 bits per heavy atom. The second-order valence-electron chi connectivity index (χ2n) is 12.0. The first-order chi connectivity index (χ1) is 14.7. The Balaban J connectivity index is 1.22. The van der Waals surface area contributed by atoms with Crippen molar-refractivity contribution in [2.45, 2.75) is 51.4 Å². The van der Waals surface area contributed by atoms with Crippen LogP contribution in [0, 0.1) is 11.8 Å². The molecule has 0 aromatic rings. The number of rotatable bonds is 0. The van der Waals surface area contributed by atoms with Gasteiger partial charge in [0.2, 0.25) is 0 Å². The topological polar surface area (TPSA) is 0 Å². The number of piperazine rings is 6. The Morgan fingerprint density at radius 3 is 0.867 bits per heavy atom. The highest BCUT2D eigenvalue weighted by Gasteiger charge is 2.49. The fourth-order valence-corrected chi connectivity index (χ4v) is 7.43. The first kappa shape index (κ1) is 21.3. The van der Waals surface area contributed by atoms with E-state index in [0.717, 1.165) is 13.1 Å². The molecular weight excluding hydrogens is 368 g/mol. The quantitative estimate of drug-likeness (QED) is 0.420. The van der Waals surface area contributed by atoms with Gasteiger partial charge in [-0.2, -0.15) is 0 Å². The molecule has 0 amide bonds. The molecule has 0 radical (unpaired) electrons. The summed E-state index contributed by atoms with van der Waals surface area (Å²) in [7, 11) is 0. The van der Waals surface area contributed by atoms with Crippen molar-refractivity contribution >= 4 is 0 Å². The highest BCUT2D eigenvalue weighted by atomic mass is 15.5. The molecule has 0 unspecified atom stereocenters. The van der Waals surface area contributed by atoms with E-state index in [0.29, 0.717) is 0 Å². The second-order valence-corrected chi connectivity index (χ2v) is 12.0. The average molecular weight is 417 g/mol. The summed E-state index contributed by atoms with van der Waals surface area (Å²) in [6.45, 7) is 22.2. The van der Waals surface area contributed by atoms with Gasteiger partial charge in [-0.05, 0) is 37.5 Å². The van der Waals surface area contributed by atoms with E-state index in [-0.39, 0.29) is 0 Å². The highest BCUT2D eigenvalue weighted by Crippen LogP contribution is 2.29. The molecule has 0 atom stereocenters. The van der Waals surface area contributed by atoms with Gasteiger partial charge in [0.1, 0.15) is 91.6 Å². The largest absolute Gasteiger partial charge is 0.310 e. The summed E-state index contributed by atoms with van der Waals surface area (Å²) >= 11 is 0. The molecule has 11 rings (SSSR count). The van der Waals surface area contributed by atoms with Crippen LogP contribution in [0.1, 0.15) is 51.4 Å². The lowest BCUT2D eigenvalue weighted by Gasteiger charge is -2.55. The predicted octanol–water partition coefficient (Wildman–Crippen LogP) is 2.45. The third-order valence-corrected chi connectivity index (χ3v) is 10.3. The van der Waals surface area contributed by atoms with E-state index in [1.807, 2.05) is 0 Å². The van der Waals surface area contributed by atoms with Crippen LogP contribution in [0.4, 0.5) is 0 Å². The van der Waals surface area contributed by atoms with E-state index >= 15 is 0 Å². The van der Waals surface area contributed by atoms with Crippen LogP contribution in [0.3, 0.4) is 0 Å². The maximum absolute atomic E-state index is 3.71. The summed E-state index contributed by atoms with van der Waals surface area (Å²) in [5.74, 6) is 7.43. The third kappa shape index (κ3) is 4.46. The first-order valence-electron chi connectivity index (χ1n) is 13.5. The molecule has 6 fully saturated rings. The van der Waals surface area contributed by atoms with Gasteiger partial charge in [-0.25, -0.2) is 0 Å². The van der Waals surface area contributed by atoms with E-state index in [2.05, 4.69) is 11.8 Å². The highest BCUT2D eigenvalue weighted by molar-refractivity contribution is 5.00. The minimum absolute atomic E-state index is 1.14. The molecule has 4 bridgehead atoms.